The van der Waals surface area contributed by atoms with Crippen LogP contribution in [0.2, 0.25) is 0 Å². The minimum atomic E-state index is -1.32. The molecule has 8 nitrogen and oxygen atoms in total. The summed E-state index contributed by atoms with van der Waals surface area (Å²) in [6.07, 6.45) is -1.10. The molecule has 3 rings (SSSR count). The Balaban J connectivity index is 1.66. The molecule has 1 heterocycles. The number of benzene rings is 2. The molecule has 1 aliphatic rings. The Labute approximate surface area is 167 Å². The van der Waals surface area contributed by atoms with E-state index in [1.54, 1.807) is 55.5 Å². The maximum absolute atomic E-state index is 12.9. The quantitative estimate of drug-likeness (QED) is 0.722. The number of amides is 3. The van der Waals surface area contributed by atoms with Gasteiger partial charge in [0, 0.05) is 0 Å². The third-order valence-electron chi connectivity index (χ3n) is 4.66. The SMILES string of the molecule is CC1(c2cccc(C#N)c2)NC(=O)N(CC(O)COc2ccc(C#N)cc2)C1=O. The van der Waals surface area contributed by atoms with Gasteiger partial charge in [-0.2, -0.15) is 10.5 Å². The van der Waals surface area contributed by atoms with Gasteiger partial charge in [0.2, 0.25) is 0 Å². The average Bonchev–Trinajstić information content (AvgIpc) is 2.96. The molecule has 1 fully saturated rings. The van der Waals surface area contributed by atoms with Crippen LogP contribution in [0.5, 0.6) is 5.75 Å². The lowest BCUT2D eigenvalue weighted by atomic mass is 9.91. The summed E-state index contributed by atoms with van der Waals surface area (Å²) >= 11 is 0. The summed E-state index contributed by atoms with van der Waals surface area (Å²) in [5, 5.41) is 30.7. The maximum Gasteiger partial charge on any atom is 0.325 e. The Morgan fingerprint density at radius 3 is 2.48 bits per heavy atom. The number of imide groups is 1. The molecular weight excluding hydrogens is 372 g/mol. The molecule has 0 radical (unpaired) electrons. The van der Waals surface area contributed by atoms with E-state index in [9.17, 15) is 14.7 Å². The van der Waals surface area contributed by atoms with Gasteiger partial charge in [0.1, 0.15) is 24.0 Å². The van der Waals surface area contributed by atoms with Crippen molar-refractivity contribution in [3.8, 4) is 17.9 Å². The van der Waals surface area contributed by atoms with E-state index in [2.05, 4.69) is 5.32 Å². The van der Waals surface area contributed by atoms with Crippen LogP contribution in [0.1, 0.15) is 23.6 Å². The van der Waals surface area contributed by atoms with Crippen LogP contribution < -0.4 is 10.1 Å². The number of nitrogens with zero attached hydrogens (tertiary/aromatic N) is 3. The minimum absolute atomic E-state index is 0.135. The molecule has 2 aromatic carbocycles. The maximum atomic E-state index is 12.9. The van der Waals surface area contributed by atoms with E-state index in [0.29, 0.717) is 22.4 Å². The highest BCUT2D eigenvalue weighted by atomic mass is 16.5. The van der Waals surface area contributed by atoms with Crippen LogP contribution >= 0.6 is 0 Å². The van der Waals surface area contributed by atoms with Crippen molar-refractivity contribution in [3.05, 3.63) is 65.2 Å². The molecular formula is C21H18N4O4. The Bertz CT molecular complexity index is 1020. The van der Waals surface area contributed by atoms with Gasteiger partial charge in [-0.3, -0.25) is 9.69 Å². The average molecular weight is 390 g/mol. The summed E-state index contributed by atoms with van der Waals surface area (Å²) in [5.74, 6) is -0.0616. The number of carbonyl (C=O) groups is 2. The molecule has 0 aliphatic carbocycles. The zero-order chi connectivity index (χ0) is 21.0. The standard InChI is InChI=1S/C21H18N4O4/c1-21(16-4-2-3-15(9-16)11-23)19(27)25(20(28)24-21)12-17(26)13-29-18-7-5-14(10-22)6-8-18/h2-9,17,26H,12-13H2,1H3,(H,24,28). The smallest absolute Gasteiger partial charge is 0.325 e. The summed E-state index contributed by atoms with van der Waals surface area (Å²) in [7, 11) is 0. The monoisotopic (exact) mass is 390 g/mol. The van der Waals surface area contributed by atoms with Crippen LogP contribution in [0.25, 0.3) is 0 Å². The van der Waals surface area contributed by atoms with E-state index >= 15 is 0 Å². The molecule has 0 saturated carbocycles. The molecule has 2 aromatic rings. The van der Waals surface area contributed by atoms with Gasteiger partial charge >= 0.3 is 6.03 Å². The molecule has 146 valence electrons. The van der Waals surface area contributed by atoms with E-state index in [-0.39, 0.29) is 13.2 Å². The predicted octanol–water partition coefficient (Wildman–Crippen LogP) is 1.64. The van der Waals surface area contributed by atoms with Gasteiger partial charge in [-0.05, 0) is 48.9 Å². The molecule has 0 spiro atoms. The first kappa shape index (κ1) is 19.9. The predicted molar refractivity (Wildman–Crippen MR) is 101 cm³/mol. The van der Waals surface area contributed by atoms with E-state index in [1.165, 1.54) is 0 Å². The van der Waals surface area contributed by atoms with Crippen LogP contribution in [0.3, 0.4) is 0 Å². The largest absolute Gasteiger partial charge is 0.491 e. The van der Waals surface area contributed by atoms with Crippen LogP contribution in [0.4, 0.5) is 4.79 Å². The highest BCUT2D eigenvalue weighted by Gasteiger charge is 2.49. The highest BCUT2D eigenvalue weighted by molar-refractivity contribution is 6.07. The Kier molecular flexibility index (Phi) is 5.49. The number of nitrogens with one attached hydrogen (secondary N) is 1. The number of nitriles is 2. The molecule has 2 atom stereocenters. The van der Waals surface area contributed by atoms with E-state index < -0.39 is 23.6 Å². The summed E-state index contributed by atoms with van der Waals surface area (Å²) < 4.78 is 5.45. The number of carbonyl (C=O) groups excluding carboxylic acids is 2. The third kappa shape index (κ3) is 4.03. The van der Waals surface area contributed by atoms with Crippen molar-refractivity contribution in [1.82, 2.24) is 10.2 Å². The fraction of sp³-hybridized carbons (Fsp3) is 0.238. The van der Waals surface area contributed by atoms with Crippen molar-refractivity contribution in [1.29, 1.82) is 10.5 Å². The molecule has 0 aromatic heterocycles. The number of aliphatic hydroxyl groups excluding tert-OH is 1. The van der Waals surface area contributed by atoms with E-state index in [4.69, 9.17) is 15.3 Å². The fourth-order valence-corrected chi connectivity index (χ4v) is 3.04. The number of ether oxygens (including phenoxy) is 1. The normalized spacial score (nSPS) is 19.2. The first-order valence-electron chi connectivity index (χ1n) is 8.83. The second-order valence-electron chi connectivity index (χ2n) is 6.76. The van der Waals surface area contributed by atoms with Gasteiger partial charge in [-0.1, -0.05) is 12.1 Å². The van der Waals surface area contributed by atoms with Gasteiger partial charge in [-0.15, -0.1) is 0 Å². The zero-order valence-corrected chi connectivity index (χ0v) is 15.6. The fourth-order valence-electron chi connectivity index (χ4n) is 3.04. The second-order valence-corrected chi connectivity index (χ2v) is 6.76. The van der Waals surface area contributed by atoms with Crippen molar-refractivity contribution < 1.29 is 19.4 Å². The summed E-state index contributed by atoms with van der Waals surface area (Å²) in [4.78, 5) is 26.2. The van der Waals surface area contributed by atoms with Crippen LogP contribution in [-0.2, 0) is 10.3 Å². The van der Waals surface area contributed by atoms with Crippen molar-refractivity contribution in [3.63, 3.8) is 0 Å². The van der Waals surface area contributed by atoms with Gasteiger partial charge < -0.3 is 15.2 Å². The third-order valence-corrected chi connectivity index (χ3v) is 4.66. The van der Waals surface area contributed by atoms with Crippen LogP contribution in [-0.4, -0.2) is 41.2 Å². The molecule has 1 saturated heterocycles. The van der Waals surface area contributed by atoms with E-state index in [1.807, 2.05) is 12.1 Å². The van der Waals surface area contributed by atoms with Crippen molar-refractivity contribution in [2.75, 3.05) is 13.2 Å². The number of β-amino-alcohol motifs (C(OH)–C–C–N with tert-alkyl or cyclic N) is 1. The molecule has 29 heavy (non-hydrogen) atoms. The van der Waals surface area contributed by atoms with Crippen molar-refractivity contribution in [2.45, 2.75) is 18.6 Å². The first-order chi connectivity index (χ1) is 13.9. The summed E-state index contributed by atoms with van der Waals surface area (Å²) in [6, 6.07) is 16.2. The summed E-state index contributed by atoms with van der Waals surface area (Å²) in [6.45, 7) is 1.18. The van der Waals surface area contributed by atoms with Gasteiger partial charge in [0.25, 0.3) is 5.91 Å². The second kappa shape index (κ2) is 8.01. The first-order valence-corrected chi connectivity index (χ1v) is 8.83. The lowest BCUT2D eigenvalue weighted by molar-refractivity contribution is -0.132. The van der Waals surface area contributed by atoms with Gasteiger partial charge in [0.05, 0.1) is 29.8 Å². The van der Waals surface area contributed by atoms with Crippen LogP contribution in [0.15, 0.2) is 48.5 Å². The lowest BCUT2D eigenvalue weighted by Crippen LogP contribution is -2.42. The van der Waals surface area contributed by atoms with Gasteiger partial charge in [0.15, 0.2) is 0 Å². The van der Waals surface area contributed by atoms with Crippen LogP contribution in [0, 0.1) is 22.7 Å². The number of hydrogen-bond donors (Lipinski definition) is 2. The number of urea groups is 1. The molecule has 2 unspecified atom stereocenters. The molecule has 1 aliphatic heterocycles. The Hall–Kier alpha value is -3.88. The topological polar surface area (TPSA) is 126 Å². The Morgan fingerprint density at radius 1 is 1.14 bits per heavy atom. The molecule has 3 amide bonds. The lowest BCUT2D eigenvalue weighted by Gasteiger charge is -2.23. The number of aliphatic hydroxyl groups is 1. The molecule has 8 heteroatoms. The molecule has 2 N–H and O–H groups in total. The zero-order valence-electron chi connectivity index (χ0n) is 15.6. The minimum Gasteiger partial charge on any atom is -0.491 e. The van der Waals surface area contributed by atoms with Crippen molar-refractivity contribution >= 4 is 11.9 Å². The Morgan fingerprint density at radius 2 is 1.83 bits per heavy atom. The van der Waals surface area contributed by atoms with Gasteiger partial charge in [-0.25, -0.2) is 4.79 Å². The summed E-state index contributed by atoms with van der Waals surface area (Å²) in [5.41, 5.74) is 0.0234. The number of hydrogen-bond acceptors (Lipinski definition) is 6. The van der Waals surface area contributed by atoms with Crippen molar-refractivity contribution in [2.24, 2.45) is 0 Å². The van der Waals surface area contributed by atoms with E-state index in [0.717, 1.165) is 4.90 Å². The molecule has 0 bridgehead atoms. The number of rotatable bonds is 6. The highest BCUT2D eigenvalue weighted by Crippen LogP contribution is 2.29.